The molecule has 832 valence electrons. The van der Waals surface area contributed by atoms with E-state index in [1.807, 2.05) is 0 Å². The van der Waals surface area contributed by atoms with Gasteiger partial charge in [0, 0.05) is 57.1 Å². The molecule has 1 aliphatic heterocycles. The molecule has 2 aromatic rings. The number of halogens is 1. The first kappa shape index (κ1) is 150. The van der Waals surface area contributed by atoms with Crippen LogP contribution in [-0.2, 0) is 108 Å². The molecular weight excluding hydrogens is 2080 g/mol. The number of nitroso groups, excluding NO2 is 1. The Hall–Kier alpha value is -10.8. The third-order valence-corrected chi connectivity index (χ3v) is 20.2. The number of hydrogen-bond acceptors (Lipinski definition) is 35. The van der Waals surface area contributed by atoms with Gasteiger partial charge in [-0.1, -0.05) is 87.1 Å². The molecule has 0 aliphatic carbocycles. The standard InChI is InChI=1S/C24H38N6O8P2.C23H37N5O6.C16H30N4O6.C14H22N2O6.C6H13N3O3.CH4ClNO2P2.CH2O3.CH4.2Na.H/c1-14(2)18(29-22(34)37-24(3,4)5)20(32)28-17(7-6-12-26-21(25)33)19(31)27-16-10-8-15(9-11-16)13-36-23(35)38-40-30-39;1-14(2)18(28-22(33)34-23(3,4)5)20(31)27-17(7-6-12-25-21(24)32)19(30)26-16-10-8-15(13-29)9-11-16;1-9(2)11(20-15(25)26-16(3,4)5)12(21)19-10(13(22)23)7-6-8-18-14(17)24;1-8(2)11(15-13(20)21-14(3,4)5)12(19)22-16-9(17)6-7-10(16)18;7-4(5(10)11)2-1-3-9-6(8)12;1-7(2,5)6-3-4;2-1-4-3;;;;/h8-11,14,17-18H,6-7,12-13,39H2,1-5H3,(H,27,31)(H,28,32)(H,29,34)(H3,25,26,33);8-11,14,17-18,29H,6-7,12-13H2,1-5H3,(H,26,30)(H,27,31)(H,28,33)(H3,24,25,32);9-11H,6-8H2,1-5H3,(H,19,21)(H,20,25)(H,22,23)(H3,17,18,24);8,11H,6-7H2,1-5H3,(H,15,20);4H,1-3,7H2,(H,10,11)(H3,8,9,12);6H,1H3;1,3H;1H4;;;/q;;;;;;;;2*+1;-1/p-1/t2*17-,18-;10-,11-;11-;4-;;;;;;/m00000....../s1. The van der Waals surface area contributed by atoms with Gasteiger partial charge in [-0.3, -0.25) is 43.2 Å². The third-order valence-electron chi connectivity index (χ3n) is 17.1. The van der Waals surface area contributed by atoms with Crippen LogP contribution in [0.5, 0.6) is 0 Å². The minimum atomic E-state index is -2.64. The van der Waals surface area contributed by atoms with E-state index in [1.165, 1.54) is 6.66 Å². The fourth-order valence-corrected chi connectivity index (χ4v) is 11.7. The average molecular weight is 2230 g/mol. The largest absolute Gasteiger partial charge is 1.00 e. The Bertz CT molecular complexity index is 4570. The number of nitrogens with zero attached hydrogens (tertiary/aromatic N) is 3. The number of hydrogen-bond donors (Lipinski definition) is 21. The van der Waals surface area contributed by atoms with Crippen LogP contribution in [0.25, 0.3) is 0 Å². The average Bonchev–Trinajstić information content (AvgIpc) is 1.72. The summed E-state index contributed by atoms with van der Waals surface area (Å²) < 4.78 is 44.1. The molecule has 0 radical (unpaired) electrons. The number of urea groups is 4. The number of carboxylic acid groups (broad SMARTS) is 2. The summed E-state index contributed by atoms with van der Waals surface area (Å²) in [5.74, 6) is -8.18. The number of aliphatic hydroxyl groups is 1. The molecule has 1 fully saturated rings. The molecule has 0 aromatic heterocycles. The van der Waals surface area contributed by atoms with Crippen molar-refractivity contribution in [2.45, 2.75) is 294 Å². The van der Waals surface area contributed by atoms with Crippen molar-refractivity contribution in [3.63, 3.8) is 0 Å². The van der Waals surface area contributed by atoms with Crippen molar-refractivity contribution in [2.24, 2.45) is 61.8 Å². The van der Waals surface area contributed by atoms with E-state index < -0.39 is 199 Å². The predicted octanol–water partition coefficient (Wildman–Crippen LogP) is 1.34. The summed E-state index contributed by atoms with van der Waals surface area (Å²) in [7, 11) is 1.66. The van der Waals surface area contributed by atoms with Gasteiger partial charge >= 0.3 is 132 Å². The molecular formula is C86H150ClN21Na2O34P4. The van der Waals surface area contributed by atoms with E-state index in [1.54, 1.807) is 187 Å². The summed E-state index contributed by atoms with van der Waals surface area (Å²) in [6.07, 6.45) is -4.20. The van der Waals surface area contributed by atoms with Crippen molar-refractivity contribution in [3.05, 3.63) is 64.6 Å². The number of imide groups is 1. The molecule has 1 saturated heterocycles. The summed E-state index contributed by atoms with van der Waals surface area (Å²) in [5, 5.41) is 68.4. The second-order valence-electron chi connectivity index (χ2n) is 36.2. The zero-order chi connectivity index (χ0) is 113. The van der Waals surface area contributed by atoms with Crippen molar-refractivity contribution in [1.29, 1.82) is 0 Å². The zero-order valence-corrected chi connectivity index (χ0v) is 95.7. The zero-order valence-electron chi connectivity index (χ0n) is 88.0. The molecule has 0 spiro atoms. The molecule has 55 nitrogen and oxygen atoms in total. The second kappa shape index (κ2) is 79.3. The van der Waals surface area contributed by atoms with Crippen molar-refractivity contribution in [2.75, 3.05) is 43.5 Å². The Morgan fingerprint density at radius 1 is 0.514 bits per heavy atom. The summed E-state index contributed by atoms with van der Waals surface area (Å²) in [6, 6.07) is 2.55. The number of carboxylic acids is 2. The molecule has 1 heterocycles. The number of nitrogens with one attached hydrogen (secondary N) is 13. The van der Waals surface area contributed by atoms with Crippen LogP contribution in [0.15, 0.2) is 58.0 Å². The van der Waals surface area contributed by atoms with Crippen LogP contribution < -0.4 is 162 Å². The van der Waals surface area contributed by atoms with Gasteiger partial charge in [-0.05, 0) is 219 Å². The van der Waals surface area contributed by atoms with Crippen LogP contribution in [-0.4, -0.2) is 244 Å². The molecule has 11 atom stereocenters. The maximum Gasteiger partial charge on any atom is 1.00 e. The Balaban J connectivity index is -0.000000278. The summed E-state index contributed by atoms with van der Waals surface area (Å²) in [6.45, 7) is 36.2. The fraction of sp³-hybridized carbons (Fsp3) is 0.628. The minimum Gasteiger partial charge on any atom is -1.00 e. The van der Waals surface area contributed by atoms with Crippen LogP contribution >= 0.6 is 43.8 Å². The van der Waals surface area contributed by atoms with Gasteiger partial charge in [0.05, 0.1) is 6.61 Å². The molecule has 2 aromatic carbocycles. The normalized spacial score (nSPS) is 13.3. The van der Waals surface area contributed by atoms with Crippen molar-refractivity contribution in [3.8, 4) is 0 Å². The van der Waals surface area contributed by atoms with Crippen LogP contribution in [0.3, 0.4) is 0 Å². The van der Waals surface area contributed by atoms with Crippen LogP contribution in [0.1, 0.15) is 223 Å². The number of alkyl carbamates (subject to hydrolysis) is 4. The number of amides is 19. The molecule has 62 heteroatoms. The topological polar surface area (TPSA) is 848 Å². The first-order chi connectivity index (χ1) is 66.9. The maximum atomic E-state index is 13.1. The number of ether oxygens (including phenoxy) is 5. The Labute approximate surface area is 916 Å². The number of carbonyl (C=O) groups excluding carboxylic acids is 18. The molecule has 1 aliphatic rings. The van der Waals surface area contributed by atoms with Gasteiger partial charge in [-0.25, -0.2) is 57.3 Å². The van der Waals surface area contributed by atoms with E-state index >= 15 is 0 Å². The van der Waals surface area contributed by atoms with Gasteiger partial charge in [0.15, 0.2) is 0 Å². The number of nitrogens with two attached hydrogens (primary N) is 5. The Morgan fingerprint density at radius 2 is 0.804 bits per heavy atom. The van der Waals surface area contributed by atoms with Crippen LogP contribution in [0.4, 0.5) is 54.5 Å². The molecule has 0 bridgehead atoms. The van der Waals surface area contributed by atoms with Gasteiger partial charge < -0.3 is 162 Å². The predicted molar refractivity (Wildman–Crippen MR) is 540 cm³/mol. The van der Waals surface area contributed by atoms with E-state index in [2.05, 4.69) is 97.4 Å². The first-order valence-corrected chi connectivity index (χ1v) is 50.8. The Morgan fingerprint density at radius 3 is 1.05 bits per heavy atom. The first-order valence-electron chi connectivity index (χ1n) is 44.6. The van der Waals surface area contributed by atoms with Gasteiger partial charge in [-0.15, -0.1) is 9.97 Å². The van der Waals surface area contributed by atoms with E-state index in [0.717, 1.165) is 0 Å². The van der Waals surface area contributed by atoms with Crippen molar-refractivity contribution in [1.82, 2.24) is 63.5 Å². The van der Waals surface area contributed by atoms with Crippen LogP contribution in [0.2, 0.25) is 0 Å². The van der Waals surface area contributed by atoms with E-state index in [4.69, 9.17) is 88.7 Å². The molecule has 3 rings (SSSR count). The number of aliphatic carboxylic acids is 2. The summed E-state index contributed by atoms with van der Waals surface area (Å²) in [4.78, 5) is 251. The summed E-state index contributed by atoms with van der Waals surface area (Å²) in [5.41, 5.74) is 24.4. The Kier molecular flexibility index (Phi) is 80.4. The van der Waals surface area contributed by atoms with Crippen LogP contribution in [0, 0.1) is 28.6 Å². The second-order valence-corrected chi connectivity index (χ2v) is 45.5. The third kappa shape index (κ3) is 80.2. The van der Waals surface area contributed by atoms with E-state index in [0.29, 0.717) is 66.2 Å². The van der Waals surface area contributed by atoms with Crippen molar-refractivity contribution < 1.29 is 220 Å². The number of benzene rings is 2. The smallest absolute Gasteiger partial charge is 1.00 e. The fourth-order valence-electron chi connectivity index (χ4n) is 10.6. The number of hydroxylamine groups is 2. The number of anilines is 2. The van der Waals surface area contributed by atoms with E-state index in [-0.39, 0.29) is 172 Å². The van der Waals surface area contributed by atoms with Gasteiger partial charge in [0.25, 0.3) is 26.9 Å². The van der Waals surface area contributed by atoms with E-state index in [9.17, 15) is 106 Å². The molecule has 19 amide bonds. The number of primary amides is 4. The molecule has 26 N–H and O–H groups in total. The number of aliphatic hydroxyl groups excluding tert-OH is 1. The van der Waals surface area contributed by atoms with Gasteiger partial charge in [-0.2, -0.15) is 0 Å². The molecule has 3 unspecified atom stereocenters. The maximum absolute atomic E-state index is 13.1. The monoisotopic (exact) mass is 2230 g/mol. The van der Waals surface area contributed by atoms with Gasteiger partial charge in [0.2, 0.25) is 35.7 Å². The molecule has 0 saturated carbocycles. The quantitative estimate of drug-likeness (QED) is 0.00425. The van der Waals surface area contributed by atoms with Crippen molar-refractivity contribution >= 4 is 176 Å². The number of carbonyl (C=O) groups is 20. The SMILES string of the molecule is C.CC(C)[C@H](NC(=O)OC(C)(C)C)C(=O)N[C@@H](CCCNC(N)=O)C(=O)Nc1ccc(CO)cc1.CC(C)[C@H](NC(=O)OC(C)(C)C)C(=O)N[C@@H](CCCNC(N)=O)C(=O)Nc1ccc(COC(=O)OP=NP)cc1.CC(C)[C@H](NC(=O)OC(C)(C)C)C(=O)N[C@@H](CCCNC(N)=O)C(=O)O.CC(C)[C@H](NC(=O)OC(C)(C)C)C(=O)ON1C(=O)CCC1=O.CP(=O)(Cl)PN=O.NC(=O)NCCC[C@H](N)C(=O)O.O=CO[O-].[H-].[Na+].[Na+]. The summed E-state index contributed by atoms with van der Waals surface area (Å²) >= 11 is 5.11. The number of rotatable bonds is 45. The van der Waals surface area contributed by atoms with Gasteiger partial charge in [0.1, 0.15) is 85.8 Å². The minimum absolute atomic E-state index is 0. The molecule has 148 heavy (non-hydrogen) atoms.